The highest BCUT2D eigenvalue weighted by Crippen LogP contribution is 2.20. The van der Waals surface area contributed by atoms with Crippen molar-refractivity contribution in [3.05, 3.63) is 28.8 Å². The molecule has 100 valence electrons. The van der Waals surface area contributed by atoms with Gasteiger partial charge >= 0.3 is 0 Å². The van der Waals surface area contributed by atoms with Gasteiger partial charge in [0.1, 0.15) is 4.99 Å². The van der Waals surface area contributed by atoms with Gasteiger partial charge < -0.3 is 16.0 Å². The Balaban J connectivity index is 2.64. The van der Waals surface area contributed by atoms with E-state index in [0.717, 1.165) is 37.4 Å². The van der Waals surface area contributed by atoms with Crippen molar-refractivity contribution < 1.29 is 0 Å². The highest BCUT2D eigenvalue weighted by atomic mass is 35.5. The number of rotatable bonds is 7. The summed E-state index contributed by atoms with van der Waals surface area (Å²) in [6.45, 7) is 8.28. The normalized spacial score (nSPS) is 10.7. The molecule has 0 fully saturated rings. The van der Waals surface area contributed by atoms with Gasteiger partial charge in [0.05, 0.1) is 0 Å². The Bertz CT molecular complexity index is 405. The molecular weight excluding hydrogens is 266 g/mol. The van der Waals surface area contributed by atoms with E-state index < -0.39 is 0 Å². The third kappa shape index (κ3) is 4.44. The Morgan fingerprint density at radius 2 is 2.06 bits per heavy atom. The first-order chi connectivity index (χ1) is 8.58. The zero-order valence-electron chi connectivity index (χ0n) is 10.9. The predicted molar refractivity (Wildman–Crippen MR) is 83.6 cm³/mol. The maximum Gasteiger partial charge on any atom is 0.106 e. The summed E-state index contributed by atoms with van der Waals surface area (Å²) in [6, 6.07) is 5.55. The topological polar surface area (TPSA) is 41.3 Å². The molecular formula is C13H20ClN3S. The number of thiocarbonyl (C=S) groups is 1. The minimum Gasteiger partial charge on any atom is -0.389 e. The molecule has 0 atom stereocenters. The van der Waals surface area contributed by atoms with E-state index in [2.05, 4.69) is 24.1 Å². The van der Waals surface area contributed by atoms with Crippen LogP contribution in [-0.4, -0.2) is 36.1 Å². The van der Waals surface area contributed by atoms with Crippen LogP contribution in [-0.2, 0) is 0 Å². The number of nitrogens with one attached hydrogen (secondary N) is 1. The molecule has 0 aliphatic heterocycles. The molecule has 5 heteroatoms. The molecule has 0 spiro atoms. The monoisotopic (exact) mass is 285 g/mol. The molecule has 0 saturated carbocycles. The fourth-order valence-electron chi connectivity index (χ4n) is 1.76. The van der Waals surface area contributed by atoms with Crippen LogP contribution < -0.4 is 11.1 Å². The summed E-state index contributed by atoms with van der Waals surface area (Å²) in [4.78, 5) is 2.71. The molecule has 1 aromatic rings. The molecule has 0 saturated heterocycles. The van der Waals surface area contributed by atoms with Crippen molar-refractivity contribution in [3.63, 3.8) is 0 Å². The molecule has 0 bridgehead atoms. The van der Waals surface area contributed by atoms with Gasteiger partial charge in [-0.25, -0.2) is 0 Å². The molecule has 0 heterocycles. The first-order valence-electron chi connectivity index (χ1n) is 6.14. The van der Waals surface area contributed by atoms with Crippen LogP contribution in [0.4, 0.5) is 5.69 Å². The average molecular weight is 286 g/mol. The van der Waals surface area contributed by atoms with Crippen molar-refractivity contribution in [3.8, 4) is 0 Å². The summed E-state index contributed by atoms with van der Waals surface area (Å²) in [6.07, 6.45) is 0. The highest BCUT2D eigenvalue weighted by Gasteiger charge is 2.06. The van der Waals surface area contributed by atoms with Gasteiger partial charge in [0, 0.05) is 29.4 Å². The van der Waals surface area contributed by atoms with Crippen molar-refractivity contribution in [2.45, 2.75) is 13.8 Å². The predicted octanol–water partition coefficient (Wildman–Crippen LogP) is 2.73. The smallest absolute Gasteiger partial charge is 0.106 e. The lowest BCUT2D eigenvalue weighted by atomic mass is 10.1. The van der Waals surface area contributed by atoms with Crippen LogP contribution in [0.15, 0.2) is 18.2 Å². The van der Waals surface area contributed by atoms with E-state index in [9.17, 15) is 0 Å². The molecule has 0 aliphatic carbocycles. The lowest BCUT2D eigenvalue weighted by Gasteiger charge is -2.19. The third-order valence-electron chi connectivity index (χ3n) is 2.88. The molecule has 0 aliphatic rings. The number of likely N-dealkylation sites (N-methyl/N-ethyl adjacent to an activating group) is 1. The summed E-state index contributed by atoms with van der Waals surface area (Å²) in [5, 5.41) is 4.00. The van der Waals surface area contributed by atoms with Crippen molar-refractivity contribution in [1.82, 2.24) is 4.90 Å². The van der Waals surface area contributed by atoms with Gasteiger partial charge in [-0.15, -0.1) is 0 Å². The summed E-state index contributed by atoms with van der Waals surface area (Å²) >= 11 is 11.0. The number of hydrogen-bond acceptors (Lipinski definition) is 3. The summed E-state index contributed by atoms with van der Waals surface area (Å²) in [7, 11) is 0. The van der Waals surface area contributed by atoms with Crippen molar-refractivity contribution >= 4 is 34.5 Å². The van der Waals surface area contributed by atoms with Crippen LogP contribution in [0, 0.1) is 0 Å². The van der Waals surface area contributed by atoms with Crippen LogP contribution in [0.5, 0.6) is 0 Å². The average Bonchev–Trinajstić information content (AvgIpc) is 2.36. The molecule has 1 rings (SSSR count). The third-order valence-corrected chi connectivity index (χ3v) is 3.34. The number of halogens is 1. The van der Waals surface area contributed by atoms with E-state index in [-0.39, 0.29) is 0 Å². The van der Waals surface area contributed by atoms with Gasteiger partial charge in [0.2, 0.25) is 0 Å². The van der Waals surface area contributed by atoms with Crippen molar-refractivity contribution in [2.24, 2.45) is 5.73 Å². The second-order valence-electron chi connectivity index (χ2n) is 4.01. The second kappa shape index (κ2) is 7.56. The summed E-state index contributed by atoms with van der Waals surface area (Å²) in [5.41, 5.74) is 7.44. The molecule has 0 unspecified atom stereocenters. The van der Waals surface area contributed by atoms with Crippen LogP contribution in [0.1, 0.15) is 19.4 Å². The number of anilines is 1. The van der Waals surface area contributed by atoms with Crippen LogP contribution in [0.25, 0.3) is 0 Å². The van der Waals surface area contributed by atoms with E-state index in [4.69, 9.17) is 29.6 Å². The van der Waals surface area contributed by atoms with Crippen LogP contribution >= 0.6 is 23.8 Å². The van der Waals surface area contributed by atoms with E-state index in [1.807, 2.05) is 12.1 Å². The van der Waals surface area contributed by atoms with Gasteiger partial charge in [-0.3, -0.25) is 0 Å². The fraction of sp³-hybridized carbons (Fsp3) is 0.462. The van der Waals surface area contributed by atoms with Gasteiger partial charge in [0.25, 0.3) is 0 Å². The van der Waals surface area contributed by atoms with Crippen molar-refractivity contribution in [2.75, 3.05) is 31.5 Å². The van der Waals surface area contributed by atoms with Crippen molar-refractivity contribution in [1.29, 1.82) is 0 Å². The zero-order valence-corrected chi connectivity index (χ0v) is 12.4. The van der Waals surface area contributed by atoms with Gasteiger partial charge in [0.15, 0.2) is 0 Å². The minimum atomic E-state index is 0.364. The largest absolute Gasteiger partial charge is 0.389 e. The Morgan fingerprint density at radius 1 is 1.39 bits per heavy atom. The highest BCUT2D eigenvalue weighted by molar-refractivity contribution is 7.80. The fourth-order valence-corrected chi connectivity index (χ4v) is 2.10. The first-order valence-corrected chi connectivity index (χ1v) is 6.92. The standard InChI is InChI=1S/C13H20ClN3S/c1-3-17(4-2)8-7-16-12-6-5-10(14)9-11(12)13(15)18/h5-6,9,16H,3-4,7-8H2,1-2H3,(H2,15,18). The van der Waals surface area contributed by atoms with Crippen LogP contribution in [0.2, 0.25) is 5.02 Å². The molecule has 3 N–H and O–H groups in total. The van der Waals surface area contributed by atoms with Crippen LogP contribution in [0.3, 0.4) is 0 Å². The van der Waals surface area contributed by atoms with E-state index in [1.54, 1.807) is 6.07 Å². The van der Waals surface area contributed by atoms with Gasteiger partial charge in [-0.1, -0.05) is 37.7 Å². The SMILES string of the molecule is CCN(CC)CCNc1ccc(Cl)cc1C(N)=S. The van der Waals surface area contributed by atoms with Gasteiger partial charge in [-0.05, 0) is 31.3 Å². The molecule has 1 aromatic carbocycles. The summed E-state index contributed by atoms with van der Waals surface area (Å²) in [5.74, 6) is 0. The Labute approximate surface area is 119 Å². The molecule has 0 amide bonds. The lowest BCUT2D eigenvalue weighted by molar-refractivity contribution is 0.316. The number of nitrogens with two attached hydrogens (primary N) is 1. The minimum absolute atomic E-state index is 0.364. The Hall–Kier alpha value is -0.840. The molecule has 3 nitrogen and oxygen atoms in total. The molecule has 0 radical (unpaired) electrons. The van der Waals surface area contributed by atoms with E-state index in [1.165, 1.54) is 0 Å². The van der Waals surface area contributed by atoms with E-state index >= 15 is 0 Å². The Morgan fingerprint density at radius 3 is 2.61 bits per heavy atom. The number of hydrogen-bond donors (Lipinski definition) is 2. The lowest BCUT2D eigenvalue weighted by Crippen LogP contribution is -2.29. The zero-order chi connectivity index (χ0) is 13.5. The maximum atomic E-state index is 5.94. The molecule has 18 heavy (non-hydrogen) atoms. The van der Waals surface area contributed by atoms with E-state index in [0.29, 0.717) is 10.0 Å². The molecule has 0 aromatic heterocycles. The Kier molecular flexibility index (Phi) is 6.39. The quantitative estimate of drug-likeness (QED) is 0.756. The summed E-state index contributed by atoms with van der Waals surface area (Å²) < 4.78 is 0. The number of nitrogens with zero attached hydrogens (tertiary/aromatic N) is 1. The second-order valence-corrected chi connectivity index (χ2v) is 4.88. The maximum absolute atomic E-state index is 5.94. The van der Waals surface area contributed by atoms with Gasteiger partial charge in [-0.2, -0.15) is 0 Å². The first kappa shape index (κ1) is 15.2. The number of benzene rings is 1.